The van der Waals surface area contributed by atoms with Gasteiger partial charge < -0.3 is 0 Å². The molecule has 5 nitrogen and oxygen atoms in total. The molecule has 0 bridgehead atoms. The molecule has 1 amide bonds. The van der Waals surface area contributed by atoms with Crippen LogP contribution in [0.25, 0.3) is 32.2 Å². The van der Waals surface area contributed by atoms with Crippen molar-refractivity contribution in [2.24, 2.45) is 0 Å². The van der Waals surface area contributed by atoms with Crippen LogP contribution in [0.5, 0.6) is 0 Å². The van der Waals surface area contributed by atoms with E-state index in [2.05, 4.69) is 57.2 Å². The molecule has 0 saturated heterocycles. The molecule has 0 atom stereocenters. The van der Waals surface area contributed by atoms with Crippen LogP contribution in [0.4, 0.5) is 5.69 Å². The van der Waals surface area contributed by atoms with Crippen LogP contribution < -0.4 is 10.6 Å². The van der Waals surface area contributed by atoms with Crippen LogP contribution in [0.3, 0.4) is 0 Å². The first-order chi connectivity index (χ1) is 15.2. The van der Waals surface area contributed by atoms with Gasteiger partial charge in [0.25, 0.3) is 0 Å². The van der Waals surface area contributed by atoms with Gasteiger partial charge in [0.05, 0.1) is 0 Å². The number of nitrogens with one attached hydrogen (secondary N) is 2. The Morgan fingerprint density at radius 2 is 1.48 bits per heavy atom. The number of rotatable bonds is 2. The van der Waals surface area contributed by atoms with Crippen molar-refractivity contribution in [2.45, 2.75) is 37.8 Å². The van der Waals surface area contributed by atoms with Gasteiger partial charge in [0.1, 0.15) is 0 Å². The number of hydrogen-bond acceptors (Lipinski definition) is 4. The van der Waals surface area contributed by atoms with Crippen LogP contribution in [0.1, 0.15) is 41.3 Å². The molecule has 2 aromatic heterocycles. The van der Waals surface area contributed by atoms with E-state index in [1.165, 1.54) is 6.42 Å². The molecule has 0 radical (unpaired) electrons. The van der Waals surface area contributed by atoms with Crippen molar-refractivity contribution >= 4 is 35.9 Å². The average Bonchev–Trinajstić information content (AvgIpc) is 3.19. The Balaban J connectivity index is 1.65. The van der Waals surface area contributed by atoms with Crippen molar-refractivity contribution in [2.75, 3.05) is 5.32 Å². The summed E-state index contributed by atoms with van der Waals surface area (Å²) < 4.78 is 1.78. The van der Waals surface area contributed by atoms with E-state index in [4.69, 9.17) is 0 Å². The van der Waals surface area contributed by atoms with Crippen LogP contribution in [-0.2, 0) is 0 Å². The van der Waals surface area contributed by atoms with E-state index >= 15 is 0 Å². The Morgan fingerprint density at radius 1 is 0.806 bits per heavy atom. The molecule has 1 spiro atoms. The number of anilines is 1. The average molecular weight is 473 g/mol. The summed E-state index contributed by atoms with van der Waals surface area (Å²) in [5.41, 5.74) is 4.70. The molecule has 4 aromatic rings. The van der Waals surface area contributed by atoms with Gasteiger partial charge in [0.2, 0.25) is 0 Å². The second-order valence-electron chi connectivity index (χ2n) is 8.36. The van der Waals surface area contributed by atoms with Crippen molar-refractivity contribution in [3.05, 3.63) is 65.1 Å². The minimum atomic E-state index is -0.337. The number of carbonyl (C=O) groups is 1. The number of carbonyl (C=O) groups excluding carboxylic acids is 1. The topological polar surface area (TPSA) is 66.9 Å². The van der Waals surface area contributed by atoms with Gasteiger partial charge >= 0.3 is 187 Å². The van der Waals surface area contributed by atoms with E-state index in [1.54, 1.807) is 0 Å². The standard InChI is InChI=1S/C25H22N4OSe/c30-23-22-21(26-25(27-23)14-8-3-9-15-25)19-18(16-10-4-1-5-11-16)20(28-29-24(19)31-22)17-12-6-2-7-13-17/h1-2,4-7,10-13,26H,3,8-9,14-15H2,(H,27,30). The Hall–Kier alpha value is -2.95. The zero-order chi connectivity index (χ0) is 20.8. The number of hydrogen-bond donors (Lipinski definition) is 2. The molecular weight excluding hydrogens is 451 g/mol. The van der Waals surface area contributed by atoms with Gasteiger partial charge in [0.15, 0.2) is 0 Å². The summed E-state index contributed by atoms with van der Waals surface area (Å²) in [4.78, 5) is 13.2. The number of benzene rings is 2. The molecular formula is C25H22N4OSe. The second kappa shape index (κ2) is 7.33. The minimum absolute atomic E-state index is 0.0638. The predicted molar refractivity (Wildman–Crippen MR) is 124 cm³/mol. The molecule has 6 heteroatoms. The Labute approximate surface area is 186 Å². The number of nitrogens with zero attached hydrogens (tertiary/aromatic N) is 2. The molecule has 3 heterocycles. The van der Waals surface area contributed by atoms with Gasteiger partial charge in [-0.2, -0.15) is 0 Å². The fraction of sp³-hybridized carbons (Fsp3) is 0.240. The fourth-order valence-corrected chi connectivity index (χ4v) is 6.95. The van der Waals surface area contributed by atoms with Crippen molar-refractivity contribution in [3.8, 4) is 22.4 Å². The molecule has 1 aliphatic heterocycles. The zero-order valence-electron chi connectivity index (χ0n) is 17.0. The van der Waals surface area contributed by atoms with Crippen LogP contribution in [0.15, 0.2) is 60.7 Å². The first-order valence-corrected chi connectivity index (χ1v) is 12.5. The summed E-state index contributed by atoms with van der Waals surface area (Å²) in [6.07, 6.45) is 5.41. The van der Waals surface area contributed by atoms with E-state index in [-0.39, 0.29) is 26.1 Å². The van der Waals surface area contributed by atoms with Crippen molar-refractivity contribution in [3.63, 3.8) is 0 Å². The molecule has 2 aromatic carbocycles. The van der Waals surface area contributed by atoms with Crippen LogP contribution in [-0.4, -0.2) is 36.3 Å². The monoisotopic (exact) mass is 474 g/mol. The van der Waals surface area contributed by atoms with Crippen molar-refractivity contribution in [1.82, 2.24) is 15.5 Å². The van der Waals surface area contributed by atoms with Crippen molar-refractivity contribution < 1.29 is 4.79 Å². The quantitative estimate of drug-likeness (QED) is 0.409. The van der Waals surface area contributed by atoms with E-state index in [1.807, 2.05) is 24.3 Å². The maximum atomic E-state index is 13.2. The molecule has 2 aliphatic rings. The van der Waals surface area contributed by atoms with Crippen LogP contribution >= 0.6 is 0 Å². The summed E-state index contributed by atoms with van der Waals surface area (Å²) in [5.74, 6) is 0.0638. The van der Waals surface area contributed by atoms with Crippen LogP contribution in [0.2, 0.25) is 0 Å². The maximum absolute atomic E-state index is 13.2. The number of fused-ring (bicyclic) bond motifs is 3. The molecule has 0 unspecified atom stereocenters. The van der Waals surface area contributed by atoms with E-state index in [0.29, 0.717) is 0 Å². The Kier molecular flexibility index (Phi) is 4.44. The molecule has 1 saturated carbocycles. The molecule has 2 N–H and O–H groups in total. The van der Waals surface area contributed by atoms with Gasteiger partial charge in [-0.3, -0.25) is 0 Å². The number of aromatic nitrogens is 2. The third-order valence-corrected chi connectivity index (χ3v) is 8.61. The first kappa shape index (κ1) is 18.8. The Bertz CT molecular complexity index is 1280. The molecule has 31 heavy (non-hydrogen) atoms. The molecule has 154 valence electrons. The van der Waals surface area contributed by atoms with Gasteiger partial charge in [-0.15, -0.1) is 0 Å². The van der Waals surface area contributed by atoms with Crippen molar-refractivity contribution in [1.29, 1.82) is 0 Å². The predicted octanol–water partition coefficient (Wildman–Crippen LogP) is 4.84. The normalized spacial score (nSPS) is 17.2. The fourth-order valence-electron chi connectivity index (χ4n) is 4.90. The second-order valence-corrected chi connectivity index (χ2v) is 10.5. The van der Waals surface area contributed by atoms with E-state index in [0.717, 1.165) is 68.0 Å². The summed E-state index contributed by atoms with van der Waals surface area (Å²) in [6.45, 7) is 0. The van der Waals surface area contributed by atoms with E-state index in [9.17, 15) is 4.79 Å². The summed E-state index contributed by atoms with van der Waals surface area (Å²) in [7, 11) is 0. The van der Waals surface area contributed by atoms with Gasteiger partial charge in [-0.25, -0.2) is 0 Å². The SMILES string of the molecule is O=C1NC2(CCCCC2)Nc2c1[se]c1nnc(-c3ccccc3)c(-c3ccccc3)c21. The third-order valence-electron chi connectivity index (χ3n) is 6.36. The third kappa shape index (κ3) is 3.10. The van der Waals surface area contributed by atoms with Crippen LogP contribution in [0, 0.1) is 0 Å². The van der Waals surface area contributed by atoms with E-state index < -0.39 is 0 Å². The van der Waals surface area contributed by atoms with Gasteiger partial charge in [0, 0.05) is 0 Å². The summed E-state index contributed by atoms with van der Waals surface area (Å²) in [6, 6.07) is 20.6. The summed E-state index contributed by atoms with van der Waals surface area (Å²) >= 11 is -0.163. The van der Waals surface area contributed by atoms with Gasteiger partial charge in [-0.1, -0.05) is 0 Å². The molecule has 6 rings (SSSR count). The zero-order valence-corrected chi connectivity index (χ0v) is 18.7. The summed E-state index contributed by atoms with van der Waals surface area (Å²) in [5, 5.41) is 17.5. The first-order valence-electron chi connectivity index (χ1n) is 10.8. The van der Waals surface area contributed by atoms with Gasteiger partial charge in [-0.05, 0) is 0 Å². The molecule has 1 aliphatic carbocycles. The number of amides is 1. The Morgan fingerprint density at radius 3 is 2.19 bits per heavy atom. The molecule has 1 fully saturated rings.